The van der Waals surface area contributed by atoms with E-state index in [2.05, 4.69) is 10.3 Å². The number of halogens is 1. The van der Waals surface area contributed by atoms with E-state index in [1.807, 2.05) is 43.5 Å². The van der Waals surface area contributed by atoms with Gasteiger partial charge in [0.15, 0.2) is 5.16 Å². The van der Waals surface area contributed by atoms with Crippen molar-refractivity contribution in [1.29, 1.82) is 0 Å². The lowest BCUT2D eigenvalue weighted by atomic mass is 10.1. The van der Waals surface area contributed by atoms with E-state index in [1.165, 1.54) is 33.2 Å². The van der Waals surface area contributed by atoms with Gasteiger partial charge in [0.25, 0.3) is 5.56 Å². The molecule has 2 aromatic carbocycles. The quantitative estimate of drug-likeness (QED) is 0.321. The Labute approximate surface area is 186 Å². The number of nitrogens with zero attached hydrogens (tertiary/aromatic N) is 2. The molecule has 4 rings (SSSR count). The minimum Gasteiger partial charge on any atom is -0.325 e. The zero-order valence-corrected chi connectivity index (χ0v) is 18.7. The van der Waals surface area contributed by atoms with Gasteiger partial charge >= 0.3 is 0 Å². The van der Waals surface area contributed by atoms with Crippen molar-refractivity contribution in [3.05, 3.63) is 80.4 Å². The first-order valence-electron chi connectivity index (χ1n) is 9.19. The van der Waals surface area contributed by atoms with Crippen LogP contribution in [0.15, 0.2) is 63.9 Å². The number of benzene rings is 2. The van der Waals surface area contributed by atoms with Gasteiger partial charge in [-0.2, -0.15) is 0 Å². The van der Waals surface area contributed by atoms with Crippen LogP contribution >= 0.6 is 34.7 Å². The SMILES string of the molecule is Cc1ccc(NC(=O)CSc2nc3ccsc3c(=O)n2-c2ccccc2Cl)cc1C. The van der Waals surface area contributed by atoms with Crippen LogP contribution in [0.4, 0.5) is 5.69 Å². The number of aromatic nitrogens is 2. The number of fused-ring (bicyclic) bond motifs is 1. The molecule has 30 heavy (non-hydrogen) atoms. The smallest absolute Gasteiger partial charge is 0.276 e. The summed E-state index contributed by atoms with van der Waals surface area (Å²) in [5, 5.41) is 5.60. The zero-order valence-electron chi connectivity index (χ0n) is 16.3. The van der Waals surface area contributed by atoms with Crippen molar-refractivity contribution in [3.63, 3.8) is 0 Å². The molecule has 5 nitrogen and oxygen atoms in total. The number of rotatable bonds is 5. The lowest BCUT2D eigenvalue weighted by Gasteiger charge is -2.13. The van der Waals surface area contributed by atoms with E-state index in [9.17, 15) is 9.59 Å². The third-order valence-corrected chi connectivity index (χ3v) is 6.82. The van der Waals surface area contributed by atoms with E-state index in [4.69, 9.17) is 11.6 Å². The normalized spacial score (nSPS) is 11.0. The molecule has 0 saturated carbocycles. The van der Waals surface area contributed by atoms with Gasteiger partial charge in [-0.25, -0.2) is 4.98 Å². The first-order chi connectivity index (χ1) is 14.4. The molecule has 1 amide bonds. The molecule has 0 aliphatic rings. The summed E-state index contributed by atoms with van der Waals surface area (Å²) in [5.41, 5.74) is 3.99. The third-order valence-electron chi connectivity index (χ3n) is 4.67. The van der Waals surface area contributed by atoms with Crippen LogP contribution in [0.25, 0.3) is 15.9 Å². The highest BCUT2D eigenvalue weighted by Gasteiger charge is 2.17. The molecule has 8 heteroatoms. The Kier molecular flexibility index (Phi) is 5.94. The van der Waals surface area contributed by atoms with Crippen LogP contribution in [0, 0.1) is 13.8 Å². The average molecular weight is 456 g/mol. The minimum absolute atomic E-state index is 0.111. The molecule has 0 fully saturated rings. The number of hydrogen-bond acceptors (Lipinski definition) is 5. The number of carbonyl (C=O) groups excluding carboxylic acids is 1. The number of hydrogen-bond donors (Lipinski definition) is 1. The summed E-state index contributed by atoms with van der Waals surface area (Å²) in [6.45, 7) is 4.03. The summed E-state index contributed by atoms with van der Waals surface area (Å²) in [5.74, 6) is -0.0620. The predicted molar refractivity (Wildman–Crippen MR) is 125 cm³/mol. The van der Waals surface area contributed by atoms with E-state index >= 15 is 0 Å². The second-order valence-electron chi connectivity index (χ2n) is 6.76. The lowest BCUT2D eigenvalue weighted by molar-refractivity contribution is -0.113. The van der Waals surface area contributed by atoms with E-state index in [-0.39, 0.29) is 17.2 Å². The maximum absolute atomic E-state index is 13.1. The second-order valence-corrected chi connectivity index (χ2v) is 9.02. The van der Waals surface area contributed by atoms with E-state index < -0.39 is 0 Å². The Morgan fingerprint density at radius 2 is 1.97 bits per heavy atom. The second kappa shape index (κ2) is 8.63. The summed E-state index contributed by atoms with van der Waals surface area (Å²) in [6, 6.07) is 14.7. The molecular formula is C22H18ClN3O2S2. The topological polar surface area (TPSA) is 64.0 Å². The predicted octanol–water partition coefficient (Wildman–Crippen LogP) is 5.45. The Balaban J connectivity index is 1.64. The fraction of sp³-hybridized carbons (Fsp3) is 0.136. The standard InChI is InChI=1S/C22H18ClN3O2S2/c1-13-7-8-15(11-14(13)2)24-19(27)12-30-22-25-17-9-10-29-20(17)21(28)26(22)18-6-4-3-5-16(18)23/h3-11H,12H2,1-2H3,(H,24,27). The van der Waals surface area contributed by atoms with Crippen LogP contribution in [-0.4, -0.2) is 21.2 Å². The monoisotopic (exact) mass is 455 g/mol. The maximum Gasteiger partial charge on any atom is 0.276 e. The summed E-state index contributed by atoms with van der Waals surface area (Å²) >= 11 is 8.89. The molecule has 0 unspecified atom stereocenters. The maximum atomic E-state index is 13.1. The van der Waals surface area contributed by atoms with Crippen molar-refractivity contribution >= 4 is 56.5 Å². The molecule has 0 bridgehead atoms. The number of amides is 1. The molecule has 1 N–H and O–H groups in total. The summed E-state index contributed by atoms with van der Waals surface area (Å²) in [4.78, 5) is 30.3. The fourth-order valence-electron chi connectivity index (χ4n) is 2.98. The summed E-state index contributed by atoms with van der Waals surface area (Å²) < 4.78 is 2.04. The van der Waals surface area contributed by atoms with Gasteiger partial charge in [-0.05, 0) is 60.7 Å². The number of carbonyl (C=O) groups is 1. The first kappa shape index (κ1) is 20.7. The number of thioether (sulfide) groups is 1. The van der Waals surface area contributed by atoms with Crippen molar-refractivity contribution in [3.8, 4) is 5.69 Å². The largest absolute Gasteiger partial charge is 0.325 e. The first-order valence-corrected chi connectivity index (χ1v) is 11.4. The number of nitrogens with one attached hydrogen (secondary N) is 1. The molecule has 0 atom stereocenters. The molecule has 0 aliphatic heterocycles. The van der Waals surface area contributed by atoms with Gasteiger partial charge in [-0.3, -0.25) is 14.2 Å². The van der Waals surface area contributed by atoms with Crippen LogP contribution in [0.2, 0.25) is 5.02 Å². The molecule has 0 spiro atoms. The van der Waals surface area contributed by atoms with Gasteiger partial charge < -0.3 is 5.32 Å². The minimum atomic E-state index is -0.194. The number of para-hydroxylation sites is 1. The molecule has 2 aromatic heterocycles. The van der Waals surface area contributed by atoms with Crippen molar-refractivity contribution in [2.75, 3.05) is 11.1 Å². The van der Waals surface area contributed by atoms with Gasteiger partial charge in [-0.1, -0.05) is 41.6 Å². The number of anilines is 1. The molecule has 4 aromatic rings. The van der Waals surface area contributed by atoms with Gasteiger partial charge in [0.1, 0.15) is 4.70 Å². The summed E-state index contributed by atoms with van der Waals surface area (Å²) in [7, 11) is 0. The number of aryl methyl sites for hydroxylation is 2. The van der Waals surface area contributed by atoms with Crippen LogP contribution in [0.1, 0.15) is 11.1 Å². The highest BCUT2D eigenvalue weighted by atomic mass is 35.5. The molecule has 2 heterocycles. The van der Waals surface area contributed by atoms with Crippen LogP contribution < -0.4 is 10.9 Å². The van der Waals surface area contributed by atoms with Gasteiger partial charge in [-0.15, -0.1) is 11.3 Å². The van der Waals surface area contributed by atoms with Crippen molar-refractivity contribution in [2.45, 2.75) is 19.0 Å². The van der Waals surface area contributed by atoms with Crippen molar-refractivity contribution in [1.82, 2.24) is 9.55 Å². The Morgan fingerprint density at radius 3 is 2.73 bits per heavy atom. The Bertz CT molecular complexity index is 1310. The zero-order chi connectivity index (χ0) is 21.3. The van der Waals surface area contributed by atoms with Crippen LogP contribution in [0.3, 0.4) is 0 Å². The van der Waals surface area contributed by atoms with Gasteiger partial charge in [0.05, 0.1) is 22.0 Å². The number of thiophene rings is 1. The van der Waals surface area contributed by atoms with Crippen LogP contribution in [0.5, 0.6) is 0 Å². The molecule has 0 radical (unpaired) electrons. The average Bonchev–Trinajstić information content (AvgIpc) is 3.19. The van der Waals surface area contributed by atoms with Crippen molar-refractivity contribution < 1.29 is 4.79 Å². The van der Waals surface area contributed by atoms with E-state index in [0.717, 1.165) is 11.3 Å². The van der Waals surface area contributed by atoms with Gasteiger partial charge in [0, 0.05) is 5.69 Å². The van der Waals surface area contributed by atoms with Gasteiger partial charge in [0.2, 0.25) is 5.91 Å². The molecule has 0 aliphatic carbocycles. The van der Waals surface area contributed by atoms with Crippen LogP contribution in [-0.2, 0) is 4.79 Å². The summed E-state index contributed by atoms with van der Waals surface area (Å²) in [6.07, 6.45) is 0. The molecule has 152 valence electrons. The Hall–Kier alpha value is -2.61. The fourth-order valence-corrected chi connectivity index (χ4v) is 4.77. The van der Waals surface area contributed by atoms with E-state index in [1.54, 1.807) is 24.3 Å². The molecular weight excluding hydrogens is 438 g/mol. The highest BCUT2D eigenvalue weighted by Crippen LogP contribution is 2.27. The van der Waals surface area contributed by atoms with Crippen molar-refractivity contribution in [2.24, 2.45) is 0 Å². The highest BCUT2D eigenvalue weighted by molar-refractivity contribution is 7.99. The Morgan fingerprint density at radius 1 is 1.17 bits per heavy atom. The molecule has 0 saturated heterocycles. The van der Waals surface area contributed by atoms with E-state index in [0.29, 0.717) is 26.1 Å². The lowest BCUT2D eigenvalue weighted by Crippen LogP contribution is -2.22. The third kappa shape index (κ3) is 4.14.